The maximum atomic E-state index is 13.1. The van der Waals surface area contributed by atoms with Gasteiger partial charge in [0, 0.05) is 37.4 Å². The summed E-state index contributed by atoms with van der Waals surface area (Å²) in [4.78, 5) is 28.6. The topological polar surface area (TPSA) is 52.7 Å². The highest BCUT2D eigenvalue weighted by Crippen LogP contribution is 2.25. The van der Waals surface area contributed by atoms with E-state index in [1.807, 2.05) is 41.3 Å². The van der Waals surface area contributed by atoms with Gasteiger partial charge in [-0.15, -0.1) is 0 Å². The first-order valence-corrected chi connectivity index (χ1v) is 10.3. The minimum absolute atomic E-state index is 0.0259. The molecule has 2 aromatic carbocycles. The largest absolute Gasteiger partial charge is 0.338 e. The standard InChI is InChI=1S/C23H26FN3O2/c24-20-10-8-17(9-11-20)6-7-18-3-2-13-26(16-18)22(28)19-4-1-5-21(15-19)27-14-12-25-23(27)29/h1,4-5,8-11,15,18H,2-3,6-7,12-14,16H2,(H,25,29). The van der Waals surface area contributed by atoms with Crippen LogP contribution in [0.1, 0.15) is 35.2 Å². The van der Waals surface area contributed by atoms with Crippen molar-refractivity contribution in [1.82, 2.24) is 10.2 Å². The lowest BCUT2D eigenvalue weighted by Crippen LogP contribution is -2.40. The van der Waals surface area contributed by atoms with Gasteiger partial charge in [-0.3, -0.25) is 9.69 Å². The number of likely N-dealkylation sites (tertiary alicyclic amines) is 1. The van der Waals surface area contributed by atoms with E-state index in [0.29, 0.717) is 24.6 Å². The van der Waals surface area contributed by atoms with Gasteiger partial charge in [0.25, 0.3) is 5.91 Å². The molecule has 152 valence electrons. The molecule has 2 aliphatic rings. The number of hydrogen-bond donors (Lipinski definition) is 1. The molecule has 0 bridgehead atoms. The number of carbonyl (C=O) groups excluding carboxylic acids is 2. The lowest BCUT2D eigenvalue weighted by molar-refractivity contribution is 0.0668. The number of rotatable bonds is 5. The highest BCUT2D eigenvalue weighted by Gasteiger charge is 2.26. The Morgan fingerprint density at radius 2 is 1.97 bits per heavy atom. The van der Waals surface area contributed by atoms with E-state index in [1.54, 1.807) is 4.90 Å². The summed E-state index contributed by atoms with van der Waals surface area (Å²) in [6.45, 7) is 2.75. The van der Waals surface area contributed by atoms with Gasteiger partial charge < -0.3 is 10.2 Å². The van der Waals surface area contributed by atoms with Gasteiger partial charge in [-0.1, -0.05) is 18.2 Å². The molecule has 1 atom stereocenters. The minimum Gasteiger partial charge on any atom is -0.338 e. The Hall–Kier alpha value is -2.89. The predicted octanol–water partition coefficient (Wildman–Crippen LogP) is 3.84. The van der Waals surface area contributed by atoms with Crippen molar-refractivity contribution >= 4 is 17.6 Å². The summed E-state index contributed by atoms with van der Waals surface area (Å²) in [6.07, 6.45) is 3.99. The summed E-state index contributed by atoms with van der Waals surface area (Å²) >= 11 is 0. The molecule has 2 aliphatic heterocycles. The molecule has 0 spiro atoms. The number of amides is 3. The van der Waals surface area contributed by atoms with Gasteiger partial charge in [0.2, 0.25) is 0 Å². The van der Waals surface area contributed by atoms with Crippen molar-refractivity contribution < 1.29 is 14.0 Å². The summed E-state index contributed by atoms with van der Waals surface area (Å²) in [6, 6.07) is 13.9. The molecule has 3 amide bonds. The van der Waals surface area contributed by atoms with Crippen molar-refractivity contribution in [2.75, 3.05) is 31.1 Å². The van der Waals surface area contributed by atoms with Gasteiger partial charge in [-0.2, -0.15) is 0 Å². The third kappa shape index (κ3) is 4.58. The molecule has 2 fully saturated rings. The summed E-state index contributed by atoms with van der Waals surface area (Å²) in [5.41, 5.74) is 2.52. The van der Waals surface area contributed by atoms with Crippen molar-refractivity contribution in [3.05, 3.63) is 65.5 Å². The van der Waals surface area contributed by atoms with Crippen molar-refractivity contribution in [3.63, 3.8) is 0 Å². The van der Waals surface area contributed by atoms with Gasteiger partial charge in [-0.05, 0) is 67.5 Å². The highest BCUT2D eigenvalue weighted by atomic mass is 19.1. The molecular formula is C23H26FN3O2. The first kappa shape index (κ1) is 19.4. The zero-order valence-electron chi connectivity index (χ0n) is 16.4. The van der Waals surface area contributed by atoms with E-state index in [1.165, 1.54) is 12.1 Å². The molecule has 2 aromatic rings. The van der Waals surface area contributed by atoms with Crippen LogP contribution in [-0.2, 0) is 6.42 Å². The number of carbonyl (C=O) groups is 2. The molecule has 4 rings (SSSR count). The van der Waals surface area contributed by atoms with Crippen LogP contribution in [0.15, 0.2) is 48.5 Å². The lowest BCUT2D eigenvalue weighted by atomic mass is 9.91. The average molecular weight is 395 g/mol. The highest BCUT2D eigenvalue weighted by molar-refractivity contribution is 5.98. The Labute approximate surface area is 170 Å². The molecule has 0 radical (unpaired) electrons. The number of benzene rings is 2. The van der Waals surface area contributed by atoms with Crippen LogP contribution < -0.4 is 10.2 Å². The number of nitrogens with zero attached hydrogens (tertiary/aromatic N) is 2. The summed E-state index contributed by atoms with van der Waals surface area (Å²) in [7, 11) is 0. The molecule has 2 heterocycles. The van der Waals surface area contributed by atoms with Crippen molar-refractivity contribution in [3.8, 4) is 0 Å². The van der Waals surface area contributed by atoms with E-state index in [-0.39, 0.29) is 17.8 Å². The monoisotopic (exact) mass is 395 g/mol. The minimum atomic E-state index is -0.211. The van der Waals surface area contributed by atoms with E-state index in [2.05, 4.69) is 5.32 Å². The zero-order valence-corrected chi connectivity index (χ0v) is 16.4. The van der Waals surface area contributed by atoms with E-state index in [4.69, 9.17) is 0 Å². The first-order valence-electron chi connectivity index (χ1n) is 10.3. The Kier molecular flexibility index (Phi) is 5.79. The van der Waals surface area contributed by atoms with Crippen LogP contribution in [0.5, 0.6) is 0 Å². The van der Waals surface area contributed by atoms with Crippen LogP contribution >= 0.6 is 0 Å². The number of aryl methyl sites for hydroxylation is 1. The number of urea groups is 1. The van der Waals surface area contributed by atoms with E-state index >= 15 is 0 Å². The van der Waals surface area contributed by atoms with Gasteiger partial charge in [0.1, 0.15) is 5.82 Å². The van der Waals surface area contributed by atoms with E-state index in [9.17, 15) is 14.0 Å². The molecule has 5 nitrogen and oxygen atoms in total. The molecule has 1 N–H and O–H groups in total. The average Bonchev–Trinajstić information content (AvgIpc) is 3.19. The molecule has 1 unspecified atom stereocenters. The number of halogens is 1. The fraction of sp³-hybridized carbons (Fsp3) is 0.391. The molecule has 6 heteroatoms. The quantitative estimate of drug-likeness (QED) is 0.836. The summed E-state index contributed by atoms with van der Waals surface area (Å²) < 4.78 is 13.1. The van der Waals surface area contributed by atoms with Crippen molar-refractivity contribution in [2.45, 2.75) is 25.7 Å². The fourth-order valence-corrected chi connectivity index (χ4v) is 4.21. The van der Waals surface area contributed by atoms with Gasteiger partial charge in [-0.25, -0.2) is 9.18 Å². The van der Waals surface area contributed by atoms with Gasteiger partial charge >= 0.3 is 6.03 Å². The second-order valence-corrected chi connectivity index (χ2v) is 7.86. The normalized spacial score (nSPS) is 19.3. The third-order valence-corrected chi connectivity index (χ3v) is 5.82. The molecule has 0 saturated carbocycles. The number of hydrogen-bond acceptors (Lipinski definition) is 2. The van der Waals surface area contributed by atoms with Crippen LogP contribution in [0.25, 0.3) is 0 Å². The summed E-state index contributed by atoms with van der Waals surface area (Å²) in [5, 5.41) is 2.79. The van der Waals surface area contributed by atoms with E-state index < -0.39 is 0 Å². The third-order valence-electron chi connectivity index (χ3n) is 5.82. The predicted molar refractivity (Wildman–Crippen MR) is 111 cm³/mol. The van der Waals surface area contributed by atoms with Crippen LogP contribution in [0.3, 0.4) is 0 Å². The number of piperidine rings is 1. The van der Waals surface area contributed by atoms with Crippen LogP contribution in [0.2, 0.25) is 0 Å². The fourth-order valence-electron chi connectivity index (χ4n) is 4.21. The SMILES string of the molecule is O=C(c1cccc(N2CCNC2=O)c1)N1CCCC(CCc2ccc(F)cc2)C1. The maximum Gasteiger partial charge on any atom is 0.321 e. The Morgan fingerprint density at radius 1 is 1.14 bits per heavy atom. The van der Waals surface area contributed by atoms with Crippen LogP contribution in [0.4, 0.5) is 14.9 Å². The molecule has 0 aliphatic carbocycles. The van der Waals surface area contributed by atoms with Gasteiger partial charge in [0.15, 0.2) is 0 Å². The zero-order chi connectivity index (χ0) is 20.2. The molecule has 2 saturated heterocycles. The second kappa shape index (κ2) is 8.64. The molecular weight excluding hydrogens is 369 g/mol. The van der Waals surface area contributed by atoms with Crippen LogP contribution in [-0.4, -0.2) is 43.0 Å². The van der Waals surface area contributed by atoms with Gasteiger partial charge in [0.05, 0.1) is 0 Å². The Bertz CT molecular complexity index is 884. The smallest absolute Gasteiger partial charge is 0.321 e. The van der Waals surface area contributed by atoms with Crippen molar-refractivity contribution in [2.24, 2.45) is 5.92 Å². The second-order valence-electron chi connectivity index (χ2n) is 7.86. The van der Waals surface area contributed by atoms with Crippen LogP contribution in [0, 0.1) is 11.7 Å². The Balaban J connectivity index is 1.38. The van der Waals surface area contributed by atoms with E-state index in [0.717, 1.165) is 50.0 Å². The summed E-state index contributed by atoms with van der Waals surface area (Å²) in [5.74, 6) is 0.264. The number of nitrogens with one attached hydrogen (secondary N) is 1. The molecule has 0 aromatic heterocycles. The molecule has 29 heavy (non-hydrogen) atoms. The Morgan fingerprint density at radius 3 is 2.72 bits per heavy atom. The van der Waals surface area contributed by atoms with Crippen molar-refractivity contribution in [1.29, 1.82) is 0 Å². The number of anilines is 1. The lowest BCUT2D eigenvalue weighted by Gasteiger charge is -2.33. The first-order chi connectivity index (χ1) is 14.1. The maximum absolute atomic E-state index is 13.1.